The van der Waals surface area contributed by atoms with Crippen molar-refractivity contribution in [3.63, 3.8) is 0 Å². The Morgan fingerprint density at radius 2 is 1.71 bits per heavy atom. The zero-order valence-electron chi connectivity index (χ0n) is 16.7. The Morgan fingerprint density at radius 1 is 1.03 bits per heavy atom. The van der Waals surface area contributed by atoms with Crippen LogP contribution in [0.15, 0.2) is 53.4 Å². The number of thioether (sulfide) groups is 1. The van der Waals surface area contributed by atoms with Gasteiger partial charge in [0.2, 0.25) is 5.91 Å². The second-order valence-corrected chi connectivity index (χ2v) is 7.78. The third-order valence-corrected chi connectivity index (χ3v) is 5.33. The van der Waals surface area contributed by atoms with Crippen LogP contribution < -0.4 is 10.6 Å². The summed E-state index contributed by atoms with van der Waals surface area (Å²) in [7, 11) is 0. The predicted octanol–water partition coefficient (Wildman–Crippen LogP) is 2.72. The van der Waals surface area contributed by atoms with Crippen LogP contribution in [-0.2, 0) is 9.59 Å². The zero-order chi connectivity index (χ0) is 22.4. The van der Waals surface area contributed by atoms with Gasteiger partial charge in [0, 0.05) is 18.7 Å². The van der Waals surface area contributed by atoms with Crippen LogP contribution in [0.5, 0.6) is 0 Å². The molecule has 0 atom stereocenters. The normalized spacial score (nSPS) is 14.8. The SMILES string of the molecule is Cc1ccc(/C=C2\SC(=O)N(CCNC(=O)CNC(=O)c3ccc(F)cc3)C2=O)cc1. The highest BCUT2D eigenvalue weighted by atomic mass is 32.2. The smallest absolute Gasteiger partial charge is 0.293 e. The molecule has 0 aromatic heterocycles. The number of aryl methyl sites for hydroxylation is 1. The van der Waals surface area contributed by atoms with Gasteiger partial charge in [0.25, 0.3) is 17.1 Å². The first-order valence-corrected chi connectivity index (χ1v) is 10.3. The van der Waals surface area contributed by atoms with Gasteiger partial charge >= 0.3 is 0 Å². The van der Waals surface area contributed by atoms with Gasteiger partial charge in [-0.15, -0.1) is 0 Å². The Hall–Kier alpha value is -3.46. The number of amides is 4. The molecular weight excluding hydrogens is 421 g/mol. The zero-order valence-corrected chi connectivity index (χ0v) is 17.5. The summed E-state index contributed by atoms with van der Waals surface area (Å²) in [6.45, 7) is 1.75. The molecule has 0 unspecified atom stereocenters. The van der Waals surface area contributed by atoms with Crippen molar-refractivity contribution in [2.24, 2.45) is 0 Å². The molecule has 7 nitrogen and oxygen atoms in total. The molecule has 4 amide bonds. The Labute approximate surface area is 182 Å². The molecule has 2 aromatic rings. The number of nitrogens with one attached hydrogen (secondary N) is 2. The first-order chi connectivity index (χ1) is 14.8. The summed E-state index contributed by atoms with van der Waals surface area (Å²) in [5.74, 6) is -1.86. The van der Waals surface area contributed by atoms with Gasteiger partial charge in [0.1, 0.15) is 5.82 Å². The van der Waals surface area contributed by atoms with Crippen molar-refractivity contribution in [2.75, 3.05) is 19.6 Å². The monoisotopic (exact) mass is 441 g/mol. The maximum absolute atomic E-state index is 12.9. The highest BCUT2D eigenvalue weighted by Crippen LogP contribution is 2.31. The Morgan fingerprint density at radius 3 is 2.39 bits per heavy atom. The van der Waals surface area contributed by atoms with Crippen LogP contribution in [0.1, 0.15) is 21.5 Å². The van der Waals surface area contributed by atoms with Gasteiger partial charge in [0.05, 0.1) is 11.4 Å². The first kappa shape index (κ1) is 22.2. The Bertz CT molecular complexity index is 1040. The van der Waals surface area contributed by atoms with Gasteiger partial charge < -0.3 is 10.6 Å². The second kappa shape index (κ2) is 10.0. The largest absolute Gasteiger partial charge is 0.353 e. The molecule has 0 aliphatic carbocycles. The van der Waals surface area contributed by atoms with Crippen LogP contribution in [0.2, 0.25) is 0 Å². The van der Waals surface area contributed by atoms with E-state index in [0.717, 1.165) is 39.9 Å². The molecule has 9 heteroatoms. The molecule has 2 N–H and O–H groups in total. The third-order valence-electron chi connectivity index (χ3n) is 4.42. The van der Waals surface area contributed by atoms with Crippen molar-refractivity contribution in [1.29, 1.82) is 0 Å². The summed E-state index contributed by atoms with van der Waals surface area (Å²) in [5, 5.41) is 4.57. The van der Waals surface area contributed by atoms with E-state index in [1.807, 2.05) is 31.2 Å². The number of hydrogen-bond acceptors (Lipinski definition) is 5. The molecule has 1 saturated heterocycles. The molecule has 1 fully saturated rings. The van der Waals surface area contributed by atoms with Gasteiger partial charge in [-0.2, -0.15) is 0 Å². The summed E-state index contributed by atoms with van der Waals surface area (Å²) in [4.78, 5) is 49.8. The van der Waals surface area contributed by atoms with Gasteiger partial charge in [-0.05, 0) is 54.6 Å². The topological polar surface area (TPSA) is 95.6 Å². The van der Waals surface area contributed by atoms with E-state index in [2.05, 4.69) is 10.6 Å². The van der Waals surface area contributed by atoms with E-state index in [1.54, 1.807) is 6.08 Å². The molecule has 0 radical (unpaired) electrons. The van der Waals surface area contributed by atoms with Crippen LogP contribution in [0.25, 0.3) is 6.08 Å². The lowest BCUT2D eigenvalue weighted by Crippen LogP contribution is -2.41. The van der Waals surface area contributed by atoms with Gasteiger partial charge in [-0.25, -0.2) is 4.39 Å². The molecule has 31 heavy (non-hydrogen) atoms. The summed E-state index contributed by atoms with van der Waals surface area (Å²) in [6.07, 6.45) is 1.66. The van der Waals surface area contributed by atoms with Gasteiger partial charge in [0.15, 0.2) is 0 Å². The average molecular weight is 441 g/mol. The van der Waals surface area contributed by atoms with Gasteiger partial charge in [-0.3, -0.25) is 24.1 Å². The van der Waals surface area contributed by atoms with Crippen molar-refractivity contribution < 1.29 is 23.6 Å². The first-order valence-electron chi connectivity index (χ1n) is 9.46. The highest BCUT2D eigenvalue weighted by molar-refractivity contribution is 8.18. The summed E-state index contributed by atoms with van der Waals surface area (Å²) >= 11 is 0.855. The molecule has 3 rings (SSSR count). The third kappa shape index (κ3) is 6.02. The molecule has 2 aromatic carbocycles. The maximum atomic E-state index is 12.9. The number of halogens is 1. The summed E-state index contributed by atoms with van der Waals surface area (Å²) in [5.41, 5.74) is 2.14. The molecule has 0 saturated carbocycles. The van der Waals surface area contributed by atoms with E-state index in [1.165, 1.54) is 12.1 Å². The van der Waals surface area contributed by atoms with Crippen molar-refractivity contribution >= 4 is 40.8 Å². The van der Waals surface area contributed by atoms with E-state index < -0.39 is 28.8 Å². The summed E-state index contributed by atoms with van der Waals surface area (Å²) < 4.78 is 12.9. The van der Waals surface area contributed by atoms with E-state index in [9.17, 15) is 23.6 Å². The van der Waals surface area contributed by atoms with Crippen molar-refractivity contribution in [3.8, 4) is 0 Å². The number of carbonyl (C=O) groups excluding carboxylic acids is 4. The highest BCUT2D eigenvalue weighted by Gasteiger charge is 2.34. The minimum absolute atomic E-state index is 0.0214. The molecule has 1 aliphatic rings. The van der Waals surface area contributed by atoms with E-state index in [-0.39, 0.29) is 25.2 Å². The molecule has 160 valence electrons. The average Bonchev–Trinajstić information content (AvgIpc) is 3.01. The minimum atomic E-state index is -0.512. The quantitative estimate of drug-likeness (QED) is 0.645. The van der Waals surface area contributed by atoms with Crippen LogP contribution in [0.4, 0.5) is 9.18 Å². The van der Waals surface area contributed by atoms with E-state index in [4.69, 9.17) is 0 Å². The number of benzene rings is 2. The lowest BCUT2D eigenvalue weighted by molar-refractivity contribution is -0.124. The fourth-order valence-electron chi connectivity index (χ4n) is 2.74. The lowest BCUT2D eigenvalue weighted by atomic mass is 10.1. The van der Waals surface area contributed by atoms with Crippen molar-refractivity contribution in [1.82, 2.24) is 15.5 Å². The number of rotatable bonds is 7. The second-order valence-electron chi connectivity index (χ2n) is 6.78. The van der Waals surface area contributed by atoms with Crippen molar-refractivity contribution in [2.45, 2.75) is 6.92 Å². The number of nitrogens with zero attached hydrogens (tertiary/aromatic N) is 1. The van der Waals surface area contributed by atoms with Crippen molar-refractivity contribution in [3.05, 3.63) is 75.9 Å². The lowest BCUT2D eigenvalue weighted by Gasteiger charge is -2.13. The number of hydrogen-bond donors (Lipinski definition) is 2. The standard InChI is InChI=1S/C22H20FN3O4S/c1-14-2-4-15(5-3-14)12-18-21(29)26(22(30)31-18)11-10-24-19(27)13-25-20(28)16-6-8-17(23)9-7-16/h2-9,12H,10-11,13H2,1H3,(H,24,27)(H,25,28)/b18-12-. The molecule has 1 heterocycles. The van der Waals surface area contributed by atoms with Crippen LogP contribution in [0, 0.1) is 12.7 Å². The minimum Gasteiger partial charge on any atom is -0.353 e. The van der Waals surface area contributed by atoms with Crippen LogP contribution in [-0.4, -0.2) is 47.5 Å². The van der Waals surface area contributed by atoms with Crippen LogP contribution in [0.3, 0.4) is 0 Å². The van der Waals surface area contributed by atoms with E-state index in [0.29, 0.717) is 4.91 Å². The Balaban J connectivity index is 1.45. The predicted molar refractivity (Wildman–Crippen MR) is 116 cm³/mol. The van der Waals surface area contributed by atoms with E-state index >= 15 is 0 Å². The molecule has 0 bridgehead atoms. The number of carbonyl (C=O) groups is 4. The molecular formula is C22H20FN3O4S. The fourth-order valence-corrected chi connectivity index (χ4v) is 3.61. The summed E-state index contributed by atoms with van der Waals surface area (Å²) in [6, 6.07) is 12.5. The maximum Gasteiger partial charge on any atom is 0.293 e. The van der Waals surface area contributed by atoms with Gasteiger partial charge in [-0.1, -0.05) is 29.8 Å². The fraction of sp³-hybridized carbons (Fsp3) is 0.182. The Kier molecular flexibility index (Phi) is 7.19. The molecule has 0 spiro atoms. The number of imide groups is 1. The van der Waals surface area contributed by atoms with Crippen LogP contribution >= 0.6 is 11.8 Å². The molecule has 1 aliphatic heterocycles.